The molecule has 1 heterocycles. The van der Waals surface area contributed by atoms with E-state index in [1.807, 2.05) is 0 Å². The summed E-state index contributed by atoms with van der Waals surface area (Å²) in [4.78, 5) is 15.5. The third-order valence-corrected chi connectivity index (χ3v) is 4.25. The largest absolute Gasteiger partial charge is 0.497 e. The van der Waals surface area contributed by atoms with E-state index in [0.717, 1.165) is 0 Å². The first-order chi connectivity index (χ1) is 11.0. The zero-order chi connectivity index (χ0) is 16.9. The summed E-state index contributed by atoms with van der Waals surface area (Å²) >= 11 is 0. The number of ether oxygens (including phenoxy) is 2. The minimum Gasteiger partial charge on any atom is -0.497 e. The molecular formula is C15H16N2O5S. The zero-order valence-corrected chi connectivity index (χ0v) is 13.5. The van der Waals surface area contributed by atoms with Crippen LogP contribution in [0.2, 0.25) is 0 Å². The molecule has 0 fully saturated rings. The first-order valence-corrected chi connectivity index (χ1v) is 8.24. The number of methoxy groups -OCH3 is 1. The maximum atomic E-state index is 12.3. The molecule has 1 N–H and O–H groups in total. The Bertz CT molecular complexity index is 788. The molecule has 1 aromatic heterocycles. The second-order valence-electron chi connectivity index (χ2n) is 4.43. The average Bonchev–Trinajstić information content (AvgIpc) is 2.55. The van der Waals surface area contributed by atoms with E-state index in [9.17, 15) is 13.2 Å². The first-order valence-electron chi connectivity index (χ1n) is 6.76. The Hall–Kier alpha value is -2.61. The predicted molar refractivity (Wildman–Crippen MR) is 84.0 cm³/mol. The van der Waals surface area contributed by atoms with Gasteiger partial charge in [0, 0.05) is 12.3 Å². The van der Waals surface area contributed by atoms with Crippen LogP contribution in [0.4, 0.5) is 5.82 Å². The lowest BCUT2D eigenvalue weighted by Gasteiger charge is -2.09. The van der Waals surface area contributed by atoms with Gasteiger partial charge in [0.1, 0.15) is 11.6 Å². The van der Waals surface area contributed by atoms with E-state index in [4.69, 9.17) is 9.47 Å². The molecule has 2 rings (SSSR count). The maximum absolute atomic E-state index is 12.3. The molecule has 0 bridgehead atoms. The van der Waals surface area contributed by atoms with Gasteiger partial charge >= 0.3 is 5.97 Å². The van der Waals surface area contributed by atoms with Crippen molar-refractivity contribution >= 4 is 21.8 Å². The van der Waals surface area contributed by atoms with Crippen molar-refractivity contribution in [2.24, 2.45) is 0 Å². The van der Waals surface area contributed by atoms with Gasteiger partial charge in [-0.25, -0.2) is 18.2 Å². The molecule has 0 atom stereocenters. The van der Waals surface area contributed by atoms with Crippen LogP contribution in [0.5, 0.6) is 5.75 Å². The van der Waals surface area contributed by atoms with Gasteiger partial charge in [-0.1, -0.05) is 0 Å². The van der Waals surface area contributed by atoms with Crippen LogP contribution >= 0.6 is 0 Å². The Morgan fingerprint density at radius 2 is 1.91 bits per heavy atom. The van der Waals surface area contributed by atoms with Gasteiger partial charge in [-0.3, -0.25) is 4.72 Å². The van der Waals surface area contributed by atoms with Crippen molar-refractivity contribution in [3.63, 3.8) is 0 Å². The SMILES string of the molecule is CCOC(=O)c1ccc(S(=O)(=O)Nc2cc(OC)ccn2)cc1. The Labute approximate surface area is 134 Å². The van der Waals surface area contributed by atoms with Crippen molar-refractivity contribution in [3.05, 3.63) is 48.2 Å². The number of rotatable bonds is 6. The van der Waals surface area contributed by atoms with Crippen LogP contribution in [0.1, 0.15) is 17.3 Å². The number of carbonyl (C=O) groups excluding carboxylic acids is 1. The van der Waals surface area contributed by atoms with Crippen LogP contribution in [0.25, 0.3) is 0 Å². The van der Waals surface area contributed by atoms with Gasteiger partial charge < -0.3 is 9.47 Å². The molecule has 0 saturated carbocycles. The molecule has 0 amide bonds. The summed E-state index contributed by atoms with van der Waals surface area (Å²) in [6.07, 6.45) is 1.43. The van der Waals surface area contributed by atoms with Gasteiger partial charge in [0.2, 0.25) is 0 Å². The standard InChI is InChI=1S/C15H16N2O5S/c1-3-22-15(18)11-4-6-13(7-5-11)23(19,20)17-14-10-12(21-2)8-9-16-14/h4-10H,3H2,1-2H3,(H,16,17). The Balaban J connectivity index is 2.20. The molecule has 0 spiro atoms. The summed E-state index contributed by atoms with van der Waals surface area (Å²) in [5.74, 6) is 0.119. The van der Waals surface area contributed by atoms with Crippen LogP contribution < -0.4 is 9.46 Å². The molecule has 0 aliphatic heterocycles. The third kappa shape index (κ3) is 4.19. The average molecular weight is 336 g/mol. The number of anilines is 1. The molecule has 23 heavy (non-hydrogen) atoms. The van der Waals surface area contributed by atoms with Crippen LogP contribution in [0.15, 0.2) is 47.5 Å². The second-order valence-corrected chi connectivity index (χ2v) is 6.11. The minimum absolute atomic E-state index is 0.00942. The summed E-state index contributed by atoms with van der Waals surface area (Å²) in [6.45, 7) is 1.95. The molecule has 7 nitrogen and oxygen atoms in total. The predicted octanol–water partition coefficient (Wildman–Crippen LogP) is 2.07. The van der Waals surface area contributed by atoms with Crippen molar-refractivity contribution in [2.45, 2.75) is 11.8 Å². The number of hydrogen-bond acceptors (Lipinski definition) is 6. The highest BCUT2D eigenvalue weighted by atomic mass is 32.2. The molecule has 122 valence electrons. The van der Waals surface area contributed by atoms with Crippen molar-refractivity contribution in [1.82, 2.24) is 4.98 Å². The molecular weight excluding hydrogens is 320 g/mol. The highest BCUT2D eigenvalue weighted by Gasteiger charge is 2.16. The van der Waals surface area contributed by atoms with E-state index >= 15 is 0 Å². The number of pyridine rings is 1. The molecule has 0 saturated heterocycles. The van der Waals surface area contributed by atoms with Gasteiger partial charge in [0.05, 0.1) is 24.2 Å². The lowest BCUT2D eigenvalue weighted by molar-refractivity contribution is 0.0526. The fourth-order valence-corrected chi connectivity index (χ4v) is 2.77. The maximum Gasteiger partial charge on any atom is 0.338 e. The zero-order valence-electron chi connectivity index (χ0n) is 12.6. The summed E-state index contributed by atoms with van der Waals surface area (Å²) in [6, 6.07) is 8.51. The van der Waals surface area contributed by atoms with Crippen molar-refractivity contribution in [3.8, 4) is 5.75 Å². The lowest BCUT2D eigenvalue weighted by atomic mass is 10.2. The van der Waals surface area contributed by atoms with E-state index in [2.05, 4.69) is 9.71 Å². The lowest BCUT2D eigenvalue weighted by Crippen LogP contribution is -2.14. The Morgan fingerprint density at radius 3 is 2.52 bits per heavy atom. The van der Waals surface area contributed by atoms with Gasteiger partial charge in [-0.15, -0.1) is 0 Å². The van der Waals surface area contributed by atoms with Gasteiger partial charge in [-0.2, -0.15) is 0 Å². The topological polar surface area (TPSA) is 94.6 Å². The summed E-state index contributed by atoms with van der Waals surface area (Å²) in [7, 11) is -2.34. The fourth-order valence-electron chi connectivity index (χ4n) is 1.78. The molecule has 0 aliphatic carbocycles. The summed E-state index contributed by atoms with van der Waals surface area (Å²) in [5, 5.41) is 0. The van der Waals surface area contributed by atoms with E-state index < -0.39 is 16.0 Å². The van der Waals surface area contributed by atoms with Crippen molar-refractivity contribution < 1.29 is 22.7 Å². The third-order valence-electron chi connectivity index (χ3n) is 2.88. The molecule has 1 aromatic carbocycles. The van der Waals surface area contributed by atoms with Gasteiger partial charge in [-0.05, 0) is 37.3 Å². The van der Waals surface area contributed by atoms with Crippen LogP contribution in [-0.4, -0.2) is 33.1 Å². The van der Waals surface area contributed by atoms with E-state index in [0.29, 0.717) is 5.75 Å². The first kappa shape index (κ1) is 16.8. The Morgan fingerprint density at radius 1 is 1.22 bits per heavy atom. The van der Waals surface area contributed by atoms with E-state index in [1.165, 1.54) is 43.6 Å². The number of esters is 1. The van der Waals surface area contributed by atoms with Crippen LogP contribution in [0.3, 0.4) is 0 Å². The van der Waals surface area contributed by atoms with Gasteiger partial charge in [0.25, 0.3) is 10.0 Å². The number of nitrogens with zero attached hydrogens (tertiary/aromatic N) is 1. The number of sulfonamides is 1. The molecule has 8 heteroatoms. The summed E-state index contributed by atoms with van der Waals surface area (Å²) < 4.78 is 36.8. The Kier molecular flexibility index (Phi) is 5.17. The highest BCUT2D eigenvalue weighted by Crippen LogP contribution is 2.18. The number of carbonyl (C=O) groups is 1. The monoisotopic (exact) mass is 336 g/mol. The smallest absolute Gasteiger partial charge is 0.338 e. The molecule has 0 unspecified atom stereocenters. The molecule has 0 aliphatic rings. The quantitative estimate of drug-likeness (QED) is 0.812. The number of hydrogen-bond donors (Lipinski definition) is 1. The number of aromatic nitrogens is 1. The van der Waals surface area contributed by atoms with E-state index in [-0.39, 0.29) is 22.9 Å². The second kappa shape index (κ2) is 7.10. The highest BCUT2D eigenvalue weighted by molar-refractivity contribution is 7.92. The fraction of sp³-hybridized carbons (Fsp3) is 0.200. The van der Waals surface area contributed by atoms with Crippen LogP contribution in [-0.2, 0) is 14.8 Å². The number of benzene rings is 1. The number of nitrogens with one attached hydrogen (secondary N) is 1. The molecule has 2 aromatic rings. The van der Waals surface area contributed by atoms with E-state index in [1.54, 1.807) is 13.0 Å². The summed E-state index contributed by atoms with van der Waals surface area (Å²) in [5.41, 5.74) is 0.283. The van der Waals surface area contributed by atoms with Crippen molar-refractivity contribution in [2.75, 3.05) is 18.4 Å². The molecule has 0 radical (unpaired) electrons. The normalized spacial score (nSPS) is 10.9. The van der Waals surface area contributed by atoms with Crippen LogP contribution in [0, 0.1) is 0 Å². The van der Waals surface area contributed by atoms with Gasteiger partial charge in [0.15, 0.2) is 0 Å². The minimum atomic E-state index is -3.81. The van der Waals surface area contributed by atoms with Crippen molar-refractivity contribution in [1.29, 1.82) is 0 Å².